The van der Waals surface area contributed by atoms with Crippen LogP contribution in [0.1, 0.15) is 78.4 Å². The normalized spacial score (nSPS) is 21.3. The smallest absolute Gasteiger partial charge is 0.000822 e. The van der Waals surface area contributed by atoms with E-state index in [9.17, 15) is 0 Å². The summed E-state index contributed by atoms with van der Waals surface area (Å²) in [5.41, 5.74) is 30.7. The minimum Gasteiger partial charge on any atom is -0.0622 e. The van der Waals surface area contributed by atoms with Gasteiger partial charge in [0.05, 0.1) is 0 Å². The maximum atomic E-state index is 2.47. The van der Waals surface area contributed by atoms with Crippen LogP contribution in [0.2, 0.25) is 0 Å². The molecule has 0 heteroatoms. The van der Waals surface area contributed by atoms with Gasteiger partial charge in [0.15, 0.2) is 0 Å². The van der Waals surface area contributed by atoms with E-state index in [1.807, 2.05) is 0 Å². The maximum Gasteiger partial charge on any atom is -0.000822 e. The van der Waals surface area contributed by atoms with Crippen molar-refractivity contribution in [2.75, 3.05) is 0 Å². The predicted molar refractivity (Wildman–Crippen MR) is 221 cm³/mol. The Kier molecular flexibility index (Phi) is 7.89. The zero-order chi connectivity index (χ0) is 35.7. The second kappa shape index (κ2) is 12.6. The number of allylic oxidation sites excluding steroid dienone is 30. The Morgan fingerprint density at radius 1 is 0.385 bits per heavy atom. The van der Waals surface area contributed by atoms with Gasteiger partial charge in [0.2, 0.25) is 0 Å². The molecule has 0 amide bonds. The molecule has 0 atom stereocenters. The first-order valence-electron chi connectivity index (χ1n) is 18.9. The SMILES string of the molecule is CC1=C(C)C2=C3CC(=C4C=C(C=C5C=CC(=C(c6ccccc6)C6=CC=C(C6)C(c6ccccc6)=C6C=CC(=CC1=C2)C6)C5)C(C)=C4C)C(C)=C3C. The van der Waals surface area contributed by atoms with Crippen molar-refractivity contribution in [3.63, 3.8) is 0 Å². The van der Waals surface area contributed by atoms with Gasteiger partial charge in [0.25, 0.3) is 0 Å². The molecule has 12 bridgehead atoms. The van der Waals surface area contributed by atoms with Crippen molar-refractivity contribution in [2.45, 2.75) is 67.2 Å². The molecule has 254 valence electrons. The van der Waals surface area contributed by atoms with Gasteiger partial charge in [-0.2, -0.15) is 0 Å². The highest BCUT2D eigenvalue weighted by Gasteiger charge is 2.30. The molecular weight excluding hydrogens is 625 g/mol. The van der Waals surface area contributed by atoms with Crippen LogP contribution in [-0.2, 0) is 0 Å². The molecule has 0 aliphatic heterocycles. The standard InChI is InChI=1S/C52H46/c1-31-33(3)47-28-45(31)25-37-17-19-41(23-37)51(39-13-9-7-10-14-39)43-21-22-44(27-43)52(40-15-11-8-12-16-40)42-20-18-38(24-42)26-46-29-48(34(4)32(46)2)50-30-49(47)35(5)36(50)6/h7-22,25-26,28-29H,23-24,27,30H2,1-6H3. The summed E-state index contributed by atoms with van der Waals surface area (Å²) in [5, 5.41) is 0. The van der Waals surface area contributed by atoms with Gasteiger partial charge in [-0.15, -0.1) is 0 Å². The summed E-state index contributed by atoms with van der Waals surface area (Å²) in [6.07, 6.45) is 27.9. The van der Waals surface area contributed by atoms with Gasteiger partial charge in [-0.3, -0.25) is 0 Å². The van der Waals surface area contributed by atoms with Crippen LogP contribution in [-0.4, -0.2) is 0 Å². The molecule has 0 N–H and O–H groups in total. The fourth-order valence-electron chi connectivity index (χ4n) is 9.26. The van der Waals surface area contributed by atoms with Gasteiger partial charge in [-0.05, 0) is 202 Å². The average Bonchev–Trinajstić information content (AvgIpc) is 4.03. The fraction of sp³-hybridized carbons (Fsp3) is 0.192. The van der Waals surface area contributed by atoms with Crippen molar-refractivity contribution < 1.29 is 0 Å². The molecule has 2 aromatic carbocycles. The number of rotatable bonds is 2. The summed E-state index contributed by atoms with van der Waals surface area (Å²) in [5.74, 6) is 0. The lowest BCUT2D eigenvalue weighted by Gasteiger charge is -2.17. The second-order valence-corrected chi connectivity index (χ2v) is 15.5. The second-order valence-electron chi connectivity index (χ2n) is 15.5. The lowest BCUT2D eigenvalue weighted by Crippen LogP contribution is -1.97. The number of hydrogen-bond acceptors (Lipinski definition) is 0. The highest BCUT2D eigenvalue weighted by atomic mass is 14.3. The molecule has 7 aliphatic rings. The van der Waals surface area contributed by atoms with E-state index in [0.717, 1.165) is 25.7 Å². The van der Waals surface area contributed by atoms with Crippen LogP contribution in [0.5, 0.6) is 0 Å². The molecular formula is C52H46. The van der Waals surface area contributed by atoms with Crippen molar-refractivity contribution >= 4 is 11.1 Å². The zero-order valence-electron chi connectivity index (χ0n) is 31.4. The van der Waals surface area contributed by atoms with Gasteiger partial charge in [-0.25, -0.2) is 0 Å². The first kappa shape index (κ1) is 32.4. The molecule has 0 nitrogen and oxygen atoms in total. The van der Waals surface area contributed by atoms with Crippen molar-refractivity contribution in [3.05, 3.63) is 233 Å². The molecule has 0 radical (unpaired) electrons. The molecule has 0 unspecified atom stereocenters. The van der Waals surface area contributed by atoms with E-state index >= 15 is 0 Å². The molecule has 0 saturated heterocycles. The van der Waals surface area contributed by atoms with E-state index in [1.165, 1.54) is 123 Å². The monoisotopic (exact) mass is 670 g/mol. The van der Waals surface area contributed by atoms with Crippen molar-refractivity contribution in [1.82, 2.24) is 0 Å². The van der Waals surface area contributed by atoms with Crippen molar-refractivity contribution in [3.8, 4) is 0 Å². The molecule has 9 rings (SSSR count). The molecule has 0 fully saturated rings. The van der Waals surface area contributed by atoms with E-state index in [0.29, 0.717) is 0 Å². The molecule has 0 saturated carbocycles. The van der Waals surface area contributed by atoms with E-state index in [1.54, 1.807) is 0 Å². The summed E-state index contributed by atoms with van der Waals surface area (Å²) in [4.78, 5) is 0. The maximum absolute atomic E-state index is 2.47. The van der Waals surface area contributed by atoms with Crippen LogP contribution in [0.4, 0.5) is 0 Å². The quantitative estimate of drug-likeness (QED) is 0.298. The molecule has 7 aliphatic carbocycles. The minimum atomic E-state index is 0.916. The Balaban J connectivity index is 1.24. The van der Waals surface area contributed by atoms with Gasteiger partial charge in [-0.1, -0.05) is 109 Å². The third-order valence-corrected chi connectivity index (χ3v) is 12.6. The molecule has 0 heterocycles. The number of fused-ring (bicyclic) bond motifs is 10. The van der Waals surface area contributed by atoms with Gasteiger partial charge in [0, 0.05) is 0 Å². The highest BCUT2D eigenvalue weighted by molar-refractivity contribution is 5.92. The summed E-state index contributed by atoms with van der Waals surface area (Å²) < 4.78 is 0. The Hall–Kier alpha value is -5.46. The van der Waals surface area contributed by atoms with Crippen LogP contribution in [0.15, 0.2) is 222 Å². The lowest BCUT2D eigenvalue weighted by atomic mass is 9.86. The van der Waals surface area contributed by atoms with Crippen molar-refractivity contribution in [2.24, 2.45) is 0 Å². The largest absolute Gasteiger partial charge is 0.0622 e. The van der Waals surface area contributed by atoms with Crippen LogP contribution >= 0.6 is 0 Å². The van der Waals surface area contributed by atoms with E-state index < -0.39 is 0 Å². The Labute approximate surface area is 310 Å². The lowest BCUT2D eigenvalue weighted by molar-refractivity contribution is 1.16. The first-order chi connectivity index (χ1) is 25.2. The third-order valence-electron chi connectivity index (χ3n) is 12.6. The summed E-state index contributed by atoms with van der Waals surface area (Å²) >= 11 is 0. The third kappa shape index (κ3) is 5.36. The summed E-state index contributed by atoms with van der Waals surface area (Å²) in [6.45, 7) is 14.0. The molecule has 0 aromatic heterocycles. The predicted octanol–water partition coefficient (Wildman–Crippen LogP) is 13.8. The van der Waals surface area contributed by atoms with Gasteiger partial charge in [0.1, 0.15) is 0 Å². The zero-order valence-corrected chi connectivity index (χ0v) is 31.4. The van der Waals surface area contributed by atoms with Gasteiger partial charge >= 0.3 is 0 Å². The molecule has 52 heavy (non-hydrogen) atoms. The average molecular weight is 671 g/mol. The first-order valence-corrected chi connectivity index (χ1v) is 18.9. The van der Waals surface area contributed by atoms with Crippen molar-refractivity contribution in [1.29, 1.82) is 0 Å². The molecule has 0 spiro atoms. The van der Waals surface area contributed by atoms with E-state index in [-0.39, 0.29) is 0 Å². The number of hydrogen-bond donors (Lipinski definition) is 0. The van der Waals surface area contributed by atoms with Crippen LogP contribution in [0.25, 0.3) is 11.1 Å². The fourth-order valence-corrected chi connectivity index (χ4v) is 9.26. The van der Waals surface area contributed by atoms with Crippen LogP contribution in [0, 0.1) is 0 Å². The number of benzene rings is 2. The Bertz CT molecular complexity index is 2300. The van der Waals surface area contributed by atoms with Gasteiger partial charge < -0.3 is 0 Å². The summed E-state index contributed by atoms with van der Waals surface area (Å²) in [6, 6.07) is 22.1. The van der Waals surface area contributed by atoms with E-state index in [4.69, 9.17) is 0 Å². The van der Waals surface area contributed by atoms with Crippen LogP contribution < -0.4 is 0 Å². The Morgan fingerprint density at radius 3 is 1.23 bits per heavy atom. The molecule has 2 aromatic rings. The Morgan fingerprint density at radius 2 is 0.808 bits per heavy atom. The van der Waals surface area contributed by atoms with Crippen LogP contribution in [0.3, 0.4) is 0 Å². The summed E-state index contributed by atoms with van der Waals surface area (Å²) in [7, 11) is 0. The minimum absolute atomic E-state index is 0.916. The van der Waals surface area contributed by atoms with E-state index in [2.05, 4.69) is 163 Å². The topological polar surface area (TPSA) is 0 Å². The highest BCUT2D eigenvalue weighted by Crippen LogP contribution is 2.49.